The van der Waals surface area contributed by atoms with Gasteiger partial charge in [0.2, 0.25) is 0 Å². The van der Waals surface area contributed by atoms with Crippen molar-refractivity contribution in [3.05, 3.63) is 108 Å². The van der Waals surface area contributed by atoms with E-state index in [1.165, 1.54) is 23.5 Å². The van der Waals surface area contributed by atoms with Crippen molar-refractivity contribution < 1.29 is 17.6 Å². The lowest BCUT2D eigenvalue weighted by atomic mass is 10.1. The molecule has 0 spiro atoms. The molecule has 36 heavy (non-hydrogen) atoms. The van der Waals surface area contributed by atoms with E-state index in [9.17, 15) is 17.6 Å². The third-order valence-electron chi connectivity index (χ3n) is 5.51. The first kappa shape index (κ1) is 23.6. The maximum absolute atomic E-state index is 14.1. The number of sulfonamides is 1. The van der Waals surface area contributed by atoms with Crippen LogP contribution in [-0.2, 0) is 16.4 Å². The lowest BCUT2D eigenvalue weighted by Gasteiger charge is -2.20. The molecule has 11 heteroatoms. The van der Waals surface area contributed by atoms with Gasteiger partial charge in [0.1, 0.15) is 16.5 Å². The average Bonchev–Trinajstić information content (AvgIpc) is 3.53. The van der Waals surface area contributed by atoms with Gasteiger partial charge in [-0.05, 0) is 42.3 Å². The molecule has 182 valence electrons. The summed E-state index contributed by atoms with van der Waals surface area (Å²) in [5.74, 6) is -0.460. The predicted octanol–water partition coefficient (Wildman–Crippen LogP) is 4.59. The number of carbonyl (C=O) groups is 1. The number of hydrogen-bond acceptors (Lipinski definition) is 6. The van der Waals surface area contributed by atoms with Crippen molar-refractivity contribution in [3.63, 3.8) is 0 Å². The SMILES string of the molecule is O=C(N[C@@H](Cc1ccccc1)c1nccn1-c1ccc2scnc2c1)NS(=O)(=O)c1ccccc1F. The van der Waals surface area contributed by atoms with E-state index < -0.39 is 32.8 Å². The Morgan fingerprint density at radius 3 is 2.61 bits per heavy atom. The second-order valence-electron chi connectivity index (χ2n) is 7.91. The van der Waals surface area contributed by atoms with Crippen LogP contribution in [0, 0.1) is 5.82 Å². The Bertz CT molecular complexity index is 1630. The molecule has 0 aliphatic heterocycles. The number of aromatic nitrogens is 3. The van der Waals surface area contributed by atoms with Crippen molar-refractivity contribution >= 4 is 37.6 Å². The minimum absolute atomic E-state index is 0.337. The number of fused-ring (bicyclic) bond motifs is 1. The maximum atomic E-state index is 14.1. The average molecular weight is 522 g/mol. The van der Waals surface area contributed by atoms with Gasteiger partial charge in [0.25, 0.3) is 10.0 Å². The van der Waals surface area contributed by atoms with Gasteiger partial charge in [0, 0.05) is 18.1 Å². The van der Waals surface area contributed by atoms with E-state index >= 15 is 0 Å². The molecule has 0 radical (unpaired) electrons. The highest BCUT2D eigenvalue weighted by atomic mass is 32.2. The van der Waals surface area contributed by atoms with E-state index in [1.807, 2.05) is 57.8 Å². The number of imidazole rings is 1. The summed E-state index contributed by atoms with van der Waals surface area (Å²) in [6.45, 7) is 0. The molecule has 2 amide bonds. The molecule has 0 bridgehead atoms. The summed E-state index contributed by atoms with van der Waals surface area (Å²) in [5, 5.41) is 2.71. The molecule has 0 fully saturated rings. The normalized spacial score (nSPS) is 12.4. The number of nitrogens with one attached hydrogen (secondary N) is 2. The quantitative estimate of drug-likeness (QED) is 0.326. The topological polar surface area (TPSA) is 106 Å². The standard InChI is InChI=1S/C25H20FN5O3S2/c26-19-8-4-5-9-23(19)36(33,34)30-25(32)29-21(14-17-6-2-1-3-7-17)24-27-12-13-31(24)18-10-11-22-20(15-18)28-16-35-22/h1-13,15-16,21H,14H2,(H2,29,30,32)/t21-/m0/s1. The molecule has 2 N–H and O–H groups in total. The first-order chi connectivity index (χ1) is 17.4. The second-order valence-corrected chi connectivity index (χ2v) is 10.4. The van der Waals surface area contributed by atoms with Crippen LogP contribution in [0.15, 0.2) is 95.6 Å². The molecule has 8 nitrogen and oxygen atoms in total. The summed E-state index contributed by atoms with van der Waals surface area (Å²) in [5.41, 5.74) is 4.30. The van der Waals surface area contributed by atoms with Gasteiger partial charge in [-0.25, -0.2) is 32.3 Å². The Labute approximate surface area is 210 Å². The smallest absolute Gasteiger partial charge is 0.327 e. The lowest BCUT2D eigenvalue weighted by Crippen LogP contribution is -2.42. The van der Waals surface area contributed by atoms with E-state index in [0.29, 0.717) is 12.2 Å². The van der Waals surface area contributed by atoms with E-state index in [1.54, 1.807) is 17.9 Å². The summed E-state index contributed by atoms with van der Waals surface area (Å²) in [4.78, 5) is 21.1. The Hall–Kier alpha value is -4.09. The molecule has 0 unspecified atom stereocenters. The maximum Gasteiger partial charge on any atom is 0.329 e. The van der Waals surface area contributed by atoms with Crippen LogP contribution in [0.4, 0.5) is 9.18 Å². The van der Waals surface area contributed by atoms with Crippen LogP contribution in [0.1, 0.15) is 17.4 Å². The van der Waals surface area contributed by atoms with Crippen molar-refractivity contribution in [2.45, 2.75) is 17.4 Å². The van der Waals surface area contributed by atoms with Crippen LogP contribution in [-0.4, -0.2) is 29.0 Å². The number of hydrogen-bond donors (Lipinski definition) is 2. The molecule has 3 aromatic carbocycles. The third-order valence-corrected chi connectivity index (χ3v) is 7.69. The highest BCUT2D eigenvalue weighted by molar-refractivity contribution is 7.90. The summed E-state index contributed by atoms with van der Waals surface area (Å²) >= 11 is 1.53. The van der Waals surface area contributed by atoms with Crippen LogP contribution >= 0.6 is 11.3 Å². The van der Waals surface area contributed by atoms with E-state index in [-0.39, 0.29) is 0 Å². The van der Waals surface area contributed by atoms with Gasteiger partial charge in [-0.1, -0.05) is 42.5 Å². The number of carbonyl (C=O) groups excluding carboxylic acids is 1. The molecule has 2 aromatic heterocycles. The van der Waals surface area contributed by atoms with Crippen molar-refractivity contribution in [1.29, 1.82) is 0 Å². The zero-order valence-corrected chi connectivity index (χ0v) is 20.3. The fraction of sp³-hybridized carbons (Fsp3) is 0.0800. The molecule has 2 heterocycles. The van der Waals surface area contributed by atoms with Crippen LogP contribution < -0.4 is 10.0 Å². The Kier molecular flexibility index (Phi) is 6.49. The van der Waals surface area contributed by atoms with Crippen molar-refractivity contribution in [1.82, 2.24) is 24.6 Å². The van der Waals surface area contributed by atoms with Crippen LogP contribution in [0.3, 0.4) is 0 Å². The van der Waals surface area contributed by atoms with E-state index in [2.05, 4.69) is 15.3 Å². The number of thiazole rings is 1. The van der Waals surface area contributed by atoms with E-state index in [0.717, 1.165) is 33.6 Å². The zero-order valence-electron chi connectivity index (χ0n) is 18.7. The summed E-state index contributed by atoms with van der Waals surface area (Å²) < 4.78 is 44.1. The summed E-state index contributed by atoms with van der Waals surface area (Å²) in [6.07, 6.45) is 3.70. The predicted molar refractivity (Wildman–Crippen MR) is 135 cm³/mol. The van der Waals surface area contributed by atoms with Gasteiger partial charge in [-0.3, -0.25) is 0 Å². The number of nitrogens with zero attached hydrogens (tertiary/aromatic N) is 3. The van der Waals surface area contributed by atoms with Crippen molar-refractivity contribution in [2.24, 2.45) is 0 Å². The molecule has 0 saturated heterocycles. The Morgan fingerprint density at radius 2 is 1.81 bits per heavy atom. The first-order valence-corrected chi connectivity index (χ1v) is 13.3. The largest absolute Gasteiger partial charge is 0.329 e. The number of benzene rings is 3. The fourth-order valence-corrected chi connectivity index (χ4v) is 5.53. The monoisotopic (exact) mass is 521 g/mol. The van der Waals surface area contributed by atoms with Gasteiger partial charge in [0.05, 0.1) is 21.8 Å². The molecule has 0 saturated carbocycles. The number of urea groups is 1. The first-order valence-electron chi connectivity index (χ1n) is 10.9. The van der Waals surface area contributed by atoms with Crippen LogP contribution in [0.5, 0.6) is 0 Å². The number of amides is 2. The second kappa shape index (κ2) is 9.88. The highest BCUT2D eigenvalue weighted by Gasteiger charge is 2.25. The third kappa shape index (κ3) is 4.97. The fourth-order valence-electron chi connectivity index (χ4n) is 3.87. The van der Waals surface area contributed by atoms with Gasteiger partial charge < -0.3 is 9.88 Å². The van der Waals surface area contributed by atoms with Crippen molar-refractivity contribution in [3.8, 4) is 5.69 Å². The Morgan fingerprint density at radius 1 is 1.03 bits per heavy atom. The number of halogens is 1. The van der Waals surface area contributed by atoms with Gasteiger partial charge in [0.15, 0.2) is 0 Å². The molecular weight excluding hydrogens is 501 g/mol. The zero-order chi connectivity index (χ0) is 25.1. The Balaban J connectivity index is 1.46. The summed E-state index contributed by atoms with van der Waals surface area (Å²) in [7, 11) is -4.43. The highest BCUT2D eigenvalue weighted by Crippen LogP contribution is 2.25. The molecule has 0 aliphatic rings. The minimum Gasteiger partial charge on any atom is -0.327 e. The van der Waals surface area contributed by atoms with Gasteiger partial charge >= 0.3 is 6.03 Å². The molecule has 1 atom stereocenters. The molecule has 5 rings (SSSR count). The summed E-state index contributed by atoms with van der Waals surface area (Å²) in [6, 6.07) is 18.4. The van der Waals surface area contributed by atoms with Crippen LogP contribution in [0.25, 0.3) is 15.9 Å². The van der Waals surface area contributed by atoms with Gasteiger partial charge in [-0.2, -0.15) is 0 Å². The van der Waals surface area contributed by atoms with E-state index in [4.69, 9.17) is 0 Å². The minimum atomic E-state index is -4.43. The van der Waals surface area contributed by atoms with Crippen molar-refractivity contribution in [2.75, 3.05) is 0 Å². The molecule has 5 aromatic rings. The molecule has 0 aliphatic carbocycles. The lowest BCUT2D eigenvalue weighted by molar-refractivity contribution is 0.241. The van der Waals surface area contributed by atoms with Gasteiger partial charge in [-0.15, -0.1) is 11.3 Å². The number of rotatable bonds is 7. The van der Waals surface area contributed by atoms with Crippen LogP contribution in [0.2, 0.25) is 0 Å². The molecular formula is C25H20FN5O3S2.